The Labute approximate surface area is 122 Å². The molecule has 1 aliphatic carbocycles. The van der Waals surface area contributed by atoms with Gasteiger partial charge in [0.05, 0.1) is 0 Å². The van der Waals surface area contributed by atoms with E-state index in [1.165, 1.54) is 12.8 Å². The molecule has 0 atom stereocenters. The highest BCUT2D eigenvalue weighted by Crippen LogP contribution is 2.25. The van der Waals surface area contributed by atoms with Crippen LogP contribution in [0.15, 0.2) is 22.7 Å². The van der Waals surface area contributed by atoms with Gasteiger partial charge in [-0.3, -0.25) is 9.69 Å². The van der Waals surface area contributed by atoms with Gasteiger partial charge >= 0.3 is 0 Å². The van der Waals surface area contributed by atoms with Crippen LogP contribution in [0.5, 0.6) is 0 Å². The molecule has 0 aliphatic heterocycles. The molecular formula is C14H20BrN3O. The van der Waals surface area contributed by atoms with Crippen molar-refractivity contribution < 1.29 is 4.79 Å². The fourth-order valence-corrected chi connectivity index (χ4v) is 2.71. The van der Waals surface area contributed by atoms with Gasteiger partial charge in [0, 0.05) is 34.9 Å². The summed E-state index contributed by atoms with van der Waals surface area (Å²) in [5.74, 6) is -0.0696. The number of hydrogen-bond donors (Lipinski definition) is 2. The highest BCUT2D eigenvalue weighted by molar-refractivity contribution is 9.10. The van der Waals surface area contributed by atoms with Gasteiger partial charge in [-0.05, 0) is 37.6 Å². The first-order valence-corrected chi connectivity index (χ1v) is 7.47. The third-order valence-corrected chi connectivity index (χ3v) is 3.79. The Morgan fingerprint density at radius 2 is 2.21 bits per heavy atom. The quantitative estimate of drug-likeness (QED) is 0.789. The highest BCUT2D eigenvalue weighted by Gasteiger charge is 2.27. The van der Waals surface area contributed by atoms with Gasteiger partial charge in [0.2, 0.25) is 0 Å². The summed E-state index contributed by atoms with van der Waals surface area (Å²) in [7, 11) is 0. The minimum atomic E-state index is -0.0696. The van der Waals surface area contributed by atoms with Gasteiger partial charge in [-0.1, -0.05) is 22.9 Å². The molecule has 1 aromatic carbocycles. The lowest BCUT2D eigenvalue weighted by Crippen LogP contribution is -2.36. The van der Waals surface area contributed by atoms with Crippen LogP contribution in [-0.4, -0.2) is 36.5 Å². The molecule has 0 unspecified atom stereocenters. The summed E-state index contributed by atoms with van der Waals surface area (Å²) in [6, 6.07) is 5.99. The number of benzene rings is 1. The Morgan fingerprint density at radius 1 is 1.47 bits per heavy atom. The van der Waals surface area contributed by atoms with Crippen molar-refractivity contribution in [3.05, 3.63) is 28.2 Å². The zero-order chi connectivity index (χ0) is 13.8. The van der Waals surface area contributed by atoms with Crippen LogP contribution in [0, 0.1) is 0 Å². The third-order valence-electron chi connectivity index (χ3n) is 3.34. The molecule has 0 heterocycles. The van der Waals surface area contributed by atoms with E-state index in [4.69, 9.17) is 5.73 Å². The average molecular weight is 326 g/mol. The molecular weight excluding hydrogens is 306 g/mol. The van der Waals surface area contributed by atoms with Gasteiger partial charge in [-0.15, -0.1) is 0 Å². The van der Waals surface area contributed by atoms with Crippen LogP contribution in [0.4, 0.5) is 5.69 Å². The van der Waals surface area contributed by atoms with Crippen LogP contribution in [0.1, 0.15) is 30.1 Å². The number of carbonyl (C=O) groups is 1. The van der Waals surface area contributed by atoms with Gasteiger partial charge in [-0.2, -0.15) is 0 Å². The first kappa shape index (κ1) is 14.3. The zero-order valence-electron chi connectivity index (χ0n) is 11.2. The highest BCUT2D eigenvalue weighted by atomic mass is 79.9. The number of carbonyl (C=O) groups excluding carboxylic acids is 1. The van der Waals surface area contributed by atoms with E-state index < -0.39 is 0 Å². The van der Waals surface area contributed by atoms with Crippen molar-refractivity contribution in [2.75, 3.05) is 25.4 Å². The summed E-state index contributed by atoms with van der Waals surface area (Å²) < 4.78 is 0.825. The number of rotatable bonds is 6. The molecule has 104 valence electrons. The molecule has 1 aromatic rings. The van der Waals surface area contributed by atoms with Crippen molar-refractivity contribution in [3.63, 3.8) is 0 Å². The van der Waals surface area contributed by atoms with E-state index in [9.17, 15) is 4.79 Å². The number of likely N-dealkylation sites (N-methyl/N-ethyl adjacent to an activating group) is 1. The molecule has 0 aromatic heterocycles. The molecule has 1 aliphatic rings. The van der Waals surface area contributed by atoms with E-state index in [2.05, 4.69) is 33.1 Å². The second-order valence-corrected chi connectivity index (χ2v) is 5.80. The minimum Gasteiger partial charge on any atom is -0.399 e. The molecule has 0 spiro atoms. The summed E-state index contributed by atoms with van der Waals surface area (Å²) >= 11 is 3.34. The molecule has 19 heavy (non-hydrogen) atoms. The van der Waals surface area contributed by atoms with Crippen molar-refractivity contribution in [2.24, 2.45) is 0 Å². The summed E-state index contributed by atoms with van der Waals surface area (Å²) in [5.41, 5.74) is 6.91. The fraction of sp³-hybridized carbons (Fsp3) is 0.500. The lowest BCUT2D eigenvalue weighted by atomic mass is 10.2. The number of nitrogens with one attached hydrogen (secondary N) is 1. The molecule has 0 bridgehead atoms. The molecule has 4 nitrogen and oxygen atoms in total. The van der Waals surface area contributed by atoms with Crippen molar-refractivity contribution in [3.8, 4) is 0 Å². The van der Waals surface area contributed by atoms with Crippen LogP contribution < -0.4 is 11.1 Å². The Morgan fingerprint density at radius 3 is 2.79 bits per heavy atom. The summed E-state index contributed by atoms with van der Waals surface area (Å²) in [4.78, 5) is 14.4. The zero-order valence-corrected chi connectivity index (χ0v) is 12.7. The standard InChI is InChI=1S/C14H20BrN3O/c1-2-18(13-3-4-13)6-5-17-14(19)10-7-11(15)9-12(16)8-10/h7-9,13H,2-6,16H2,1H3,(H,17,19). The Balaban J connectivity index is 1.83. The Hall–Kier alpha value is -1.07. The van der Waals surface area contributed by atoms with Gasteiger partial charge in [-0.25, -0.2) is 0 Å². The smallest absolute Gasteiger partial charge is 0.251 e. The minimum absolute atomic E-state index is 0.0696. The van der Waals surface area contributed by atoms with Crippen molar-refractivity contribution in [1.82, 2.24) is 10.2 Å². The number of nitrogen functional groups attached to an aromatic ring is 1. The van der Waals surface area contributed by atoms with E-state index >= 15 is 0 Å². The Kier molecular flexibility index (Phi) is 4.82. The van der Waals surface area contributed by atoms with E-state index in [0.717, 1.165) is 23.6 Å². The third kappa shape index (κ3) is 4.21. The van der Waals surface area contributed by atoms with Crippen LogP contribution >= 0.6 is 15.9 Å². The van der Waals surface area contributed by atoms with Crippen LogP contribution in [0.2, 0.25) is 0 Å². The van der Waals surface area contributed by atoms with Gasteiger partial charge in [0.15, 0.2) is 0 Å². The number of nitrogens with zero attached hydrogens (tertiary/aromatic N) is 1. The number of amides is 1. The number of halogens is 1. The topological polar surface area (TPSA) is 58.4 Å². The summed E-state index contributed by atoms with van der Waals surface area (Å²) in [5, 5.41) is 2.94. The van der Waals surface area contributed by atoms with Crippen molar-refractivity contribution >= 4 is 27.5 Å². The maximum Gasteiger partial charge on any atom is 0.251 e. The molecule has 0 saturated heterocycles. The van der Waals surface area contributed by atoms with E-state index in [0.29, 0.717) is 17.8 Å². The number of nitrogens with two attached hydrogens (primary N) is 1. The molecule has 1 amide bonds. The molecule has 0 radical (unpaired) electrons. The average Bonchev–Trinajstić information content (AvgIpc) is 3.17. The number of anilines is 1. The first-order valence-electron chi connectivity index (χ1n) is 6.68. The SMILES string of the molecule is CCN(CCNC(=O)c1cc(N)cc(Br)c1)C1CC1. The van der Waals surface area contributed by atoms with Gasteiger partial charge in [0.1, 0.15) is 0 Å². The lowest BCUT2D eigenvalue weighted by molar-refractivity contribution is 0.0948. The predicted molar refractivity (Wildman–Crippen MR) is 81.2 cm³/mol. The van der Waals surface area contributed by atoms with Crippen LogP contribution in [0.25, 0.3) is 0 Å². The normalized spacial score (nSPS) is 14.7. The molecule has 1 saturated carbocycles. The largest absolute Gasteiger partial charge is 0.399 e. The maximum atomic E-state index is 12.0. The Bertz CT molecular complexity index is 440. The monoisotopic (exact) mass is 325 g/mol. The second-order valence-electron chi connectivity index (χ2n) is 4.89. The first-order chi connectivity index (χ1) is 9.10. The molecule has 1 fully saturated rings. The van der Waals surface area contributed by atoms with Gasteiger partial charge in [0.25, 0.3) is 5.91 Å². The van der Waals surface area contributed by atoms with Crippen molar-refractivity contribution in [1.29, 1.82) is 0 Å². The lowest BCUT2D eigenvalue weighted by Gasteiger charge is -2.19. The van der Waals surface area contributed by atoms with E-state index in [-0.39, 0.29) is 5.91 Å². The molecule has 3 N–H and O–H groups in total. The van der Waals surface area contributed by atoms with Gasteiger partial charge < -0.3 is 11.1 Å². The van der Waals surface area contributed by atoms with Crippen molar-refractivity contribution in [2.45, 2.75) is 25.8 Å². The van der Waals surface area contributed by atoms with Crippen LogP contribution in [0.3, 0.4) is 0 Å². The second kappa shape index (κ2) is 6.39. The number of hydrogen-bond acceptors (Lipinski definition) is 3. The van der Waals surface area contributed by atoms with E-state index in [1.807, 2.05) is 0 Å². The maximum absolute atomic E-state index is 12.0. The molecule has 2 rings (SSSR count). The van der Waals surface area contributed by atoms with Crippen LogP contribution in [-0.2, 0) is 0 Å². The molecule has 5 heteroatoms. The summed E-state index contributed by atoms with van der Waals surface area (Å²) in [6.45, 7) is 4.80. The predicted octanol–water partition coefficient (Wildman–Crippen LogP) is 2.25. The fourth-order valence-electron chi connectivity index (χ4n) is 2.20. The van der Waals surface area contributed by atoms with E-state index in [1.54, 1.807) is 18.2 Å². The summed E-state index contributed by atoms with van der Waals surface area (Å²) in [6.07, 6.45) is 2.59.